The normalized spacial score (nSPS) is 15.0. The lowest BCUT2D eigenvalue weighted by Crippen LogP contribution is -2.44. The minimum absolute atomic E-state index is 0.400. The molecule has 0 N–H and O–H groups in total. The van der Waals surface area contributed by atoms with Crippen LogP contribution in [-0.2, 0) is 17.7 Å². The van der Waals surface area contributed by atoms with Gasteiger partial charge in [0.05, 0.1) is 18.5 Å². The lowest BCUT2D eigenvalue weighted by atomic mass is 10.0. The molecule has 2 aromatic heterocycles. The molecule has 0 amide bonds. The first-order valence-corrected chi connectivity index (χ1v) is 10.5. The Kier molecular flexibility index (Phi) is 6.64. The Bertz CT molecular complexity index is 1020. The lowest BCUT2D eigenvalue weighted by Gasteiger charge is -2.32. The minimum Gasteiger partial charge on any atom is -0.465 e. The monoisotopic (exact) mass is 417 g/mol. The van der Waals surface area contributed by atoms with Gasteiger partial charge >= 0.3 is 5.97 Å². The number of rotatable bonds is 6. The topological polar surface area (TPSA) is 71.4 Å². The third kappa shape index (κ3) is 5.13. The molecule has 160 valence electrons. The highest BCUT2D eigenvalue weighted by Crippen LogP contribution is 2.23. The molecular weight excluding hydrogens is 390 g/mol. The Morgan fingerprint density at radius 3 is 2.35 bits per heavy atom. The van der Waals surface area contributed by atoms with Crippen LogP contribution in [0.4, 0.5) is 0 Å². The Labute approximate surface area is 182 Å². The van der Waals surface area contributed by atoms with Gasteiger partial charge in [-0.15, -0.1) is 0 Å². The summed E-state index contributed by atoms with van der Waals surface area (Å²) in [6, 6.07) is 15.7. The Hall–Kier alpha value is -3.16. The average molecular weight is 418 g/mol. The Morgan fingerprint density at radius 2 is 1.68 bits per heavy atom. The maximum Gasteiger partial charge on any atom is 0.341 e. The van der Waals surface area contributed by atoms with Gasteiger partial charge in [0, 0.05) is 45.3 Å². The van der Waals surface area contributed by atoms with Crippen LogP contribution in [0.25, 0.3) is 11.5 Å². The number of nitrogens with zero attached hydrogens (tertiary/aromatic N) is 5. The fourth-order valence-corrected chi connectivity index (χ4v) is 3.76. The summed E-state index contributed by atoms with van der Waals surface area (Å²) in [5.74, 6) is 0.131. The number of piperazine rings is 1. The van der Waals surface area contributed by atoms with Gasteiger partial charge in [-0.2, -0.15) is 0 Å². The molecule has 1 fully saturated rings. The summed E-state index contributed by atoms with van der Waals surface area (Å²) < 4.78 is 5.15. The predicted octanol–water partition coefficient (Wildman–Crippen LogP) is 2.66. The van der Waals surface area contributed by atoms with Crippen molar-refractivity contribution in [2.75, 3.05) is 40.3 Å². The van der Waals surface area contributed by atoms with E-state index in [4.69, 9.17) is 14.7 Å². The molecule has 0 spiro atoms. The number of pyridine rings is 1. The van der Waals surface area contributed by atoms with Gasteiger partial charge in [0.15, 0.2) is 5.82 Å². The fraction of sp³-hybridized carbons (Fsp3) is 0.333. The second kappa shape index (κ2) is 9.76. The second-order valence-corrected chi connectivity index (χ2v) is 7.76. The molecule has 3 aromatic rings. The highest BCUT2D eigenvalue weighted by atomic mass is 16.5. The lowest BCUT2D eigenvalue weighted by molar-refractivity contribution is 0.0594. The summed E-state index contributed by atoms with van der Waals surface area (Å²) in [5, 5.41) is 0. The second-order valence-electron chi connectivity index (χ2n) is 7.76. The molecule has 0 aliphatic carbocycles. The Morgan fingerprint density at radius 1 is 0.968 bits per heavy atom. The van der Waals surface area contributed by atoms with Crippen LogP contribution in [0.15, 0.2) is 54.7 Å². The number of ether oxygens (including phenoxy) is 1. The van der Waals surface area contributed by atoms with Crippen LogP contribution >= 0.6 is 0 Å². The van der Waals surface area contributed by atoms with E-state index < -0.39 is 5.97 Å². The zero-order chi connectivity index (χ0) is 21.6. The van der Waals surface area contributed by atoms with Crippen molar-refractivity contribution >= 4 is 5.97 Å². The molecule has 1 saturated heterocycles. The Balaban J connectivity index is 1.79. The third-order valence-electron chi connectivity index (χ3n) is 5.53. The van der Waals surface area contributed by atoms with Crippen molar-refractivity contribution < 1.29 is 9.53 Å². The van der Waals surface area contributed by atoms with Gasteiger partial charge in [-0.25, -0.2) is 14.8 Å². The van der Waals surface area contributed by atoms with E-state index in [9.17, 15) is 4.79 Å². The van der Waals surface area contributed by atoms with Crippen LogP contribution in [0.2, 0.25) is 0 Å². The fourth-order valence-electron chi connectivity index (χ4n) is 3.76. The molecule has 0 atom stereocenters. The third-order valence-corrected chi connectivity index (χ3v) is 5.53. The van der Waals surface area contributed by atoms with Gasteiger partial charge in [-0.05, 0) is 24.7 Å². The number of hydrogen-bond donors (Lipinski definition) is 0. The van der Waals surface area contributed by atoms with Crippen molar-refractivity contribution in [1.82, 2.24) is 24.8 Å². The zero-order valence-electron chi connectivity index (χ0n) is 18.0. The summed E-state index contributed by atoms with van der Waals surface area (Å²) in [7, 11) is 3.53. The van der Waals surface area contributed by atoms with E-state index in [1.165, 1.54) is 7.11 Å². The highest BCUT2D eigenvalue weighted by molar-refractivity contribution is 5.92. The van der Waals surface area contributed by atoms with Crippen LogP contribution in [-0.4, -0.2) is 71.1 Å². The van der Waals surface area contributed by atoms with Gasteiger partial charge in [0.25, 0.3) is 0 Å². The van der Waals surface area contributed by atoms with Crippen molar-refractivity contribution in [2.24, 2.45) is 0 Å². The molecule has 0 saturated carbocycles. The first-order valence-electron chi connectivity index (χ1n) is 10.5. The van der Waals surface area contributed by atoms with Gasteiger partial charge < -0.3 is 9.64 Å². The number of methoxy groups -OCH3 is 1. The number of benzene rings is 1. The van der Waals surface area contributed by atoms with Crippen molar-refractivity contribution in [3.8, 4) is 11.5 Å². The highest BCUT2D eigenvalue weighted by Gasteiger charge is 2.25. The molecule has 1 aliphatic rings. The molecule has 1 aliphatic heterocycles. The molecule has 7 nitrogen and oxygen atoms in total. The van der Waals surface area contributed by atoms with Gasteiger partial charge in [0.2, 0.25) is 0 Å². The molecule has 0 bridgehead atoms. The van der Waals surface area contributed by atoms with Crippen LogP contribution in [0, 0.1) is 0 Å². The maximum absolute atomic E-state index is 12.8. The number of aromatic nitrogens is 3. The van der Waals surface area contributed by atoms with Crippen molar-refractivity contribution in [3.05, 3.63) is 77.2 Å². The standard InChI is InChI=1S/C24H27N5O2/c1-28-12-14-29(15-13-28)17-21-22(24(30)31-2)20(16-18-8-4-3-5-9-18)26-23(27-21)19-10-6-7-11-25-19/h3-11H,12-17H2,1-2H3. The number of carbonyl (C=O) groups excluding carboxylic acids is 1. The summed E-state index contributed by atoms with van der Waals surface area (Å²) in [5.41, 5.74) is 3.58. The van der Waals surface area contributed by atoms with Gasteiger partial charge in [-0.3, -0.25) is 9.88 Å². The molecule has 7 heteroatoms. The molecule has 0 unspecified atom stereocenters. The smallest absolute Gasteiger partial charge is 0.341 e. The van der Waals surface area contributed by atoms with Gasteiger partial charge in [0.1, 0.15) is 11.3 Å². The maximum atomic E-state index is 12.8. The first-order chi connectivity index (χ1) is 15.1. The van der Waals surface area contributed by atoms with E-state index in [2.05, 4.69) is 21.8 Å². The number of hydrogen-bond acceptors (Lipinski definition) is 7. The molecule has 1 aromatic carbocycles. The molecular formula is C24H27N5O2. The van der Waals surface area contributed by atoms with E-state index in [1.807, 2.05) is 48.5 Å². The average Bonchev–Trinajstić information content (AvgIpc) is 2.81. The SMILES string of the molecule is COC(=O)c1c(Cc2ccccc2)nc(-c2ccccn2)nc1CN1CCN(C)CC1. The first kappa shape index (κ1) is 21.1. The summed E-state index contributed by atoms with van der Waals surface area (Å²) in [4.78, 5) is 31.5. The largest absolute Gasteiger partial charge is 0.465 e. The summed E-state index contributed by atoms with van der Waals surface area (Å²) in [6.07, 6.45) is 2.24. The quantitative estimate of drug-likeness (QED) is 0.571. The molecule has 31 heavy (non-hydrogen) atoms. The van der Waals surface area contributed by atoms with Crippen molar-refractivity contribution in [3.63, 3.8) is 0 Å². The zero-order valence-corrected chi connectivity index (χ0v) is 18.0. The number of carbonyl (C=O) groups is 1. The van der Waals surface area contributed by atoms with Crippen molar-refractivity contribution in [1.29, 1.82) is 0 Å². The number of likely N-dealkylation sites (N-methyl/N-ethyl adjacent to an activating group) is 1. The van der Waals surface area contributed by atoms with E-state index >= 15 is 0 Å². The minimum atomic E-state index is -0.400. The van der Waals surface area contributed by atoms with Crippen LogP contribution in [0.3, 0.4) is 0 Å². The van der Waals surface area contributed by atoms with Gasteiger partial charge in [-0.1, -0.05) is 36.4 Å². The predicted molar refractivity (Wildman–Crippen MR) is 119 cm³/mol. The van der Waals surface area contributed by atoms with Crippen LogP contribution in [0.1, 0.15) is 27.3 Å². The molecule has 4 rings (SSSR count). The van der Waals surface area contributed by atoms with Crippen LogP contribution < -0.4 is 0 Å². The number of esters is 1. The van der Waals surface area contributed by atoms with Crippen molar-refractivity contribution in [2.45, 2.75) is 13.0 Å². The van der Waals surface area contributed by atoms with E-state index in [-0.39, 0.29) is 0 Å². The van der Waals surface area contributed by atoms with E-state index in [1.54, 1.807) is 6.20 Å². The van der Waals surface area contributed by atoms with E-state index in [0.717, 1.165) is 31.7 Å². The summed E-state index contributed by atoms with van der Waals surface area (Å²) >= 11 is 0. The van der Waals surface area contributed by atoms with E-state index in [0.29, 0.717) is 41.4 Å². The van der Waals surface area contributed by atoms with Crippen LogP contribution in [0.5, 0.6) is 0 Å². The summed E-state index contributed by atoms with van der Waals surface area (Å²) in [6.45, 7) is 4.40. The molecule has 0 radical (unpaired) electrons. The molecule has 3 heterocycles.